The van der Waals surface area contributed by atoms with Gasteiger partial charge in [-0.3, -0.25) is 9.59 Å². The molecular formula is C21H39BN2O4. The fraction of sp³-hybridized carbons (Fsp3) is 0.905. The van der Waals surface area contributed by atoms with Gasteiger partial charge in [0.1, 0.15) is 6.04 Å². The highest BCUT2D eigenvalue weighted by molar-refractivity contribution is 6.48. The third kappa shape index (κ3) is 4.56. The van der Waals surface area contributed by atoms with E-state index < -0.39 is 24.4 Å². The van der Waals surface area contributed by atoms with Crippen molar-refractivity contribution in [3.05, 3.63) is 0 Å². The van der Waals surface area contributed by atoms with Crippen LogP contribution in [0.5, 0.6) is 0 Å². The number of nitrogens with zero attached hydrogens (tertiary/aromatic N) is 1. The number of amides is 2. The Morgan fingerprint density at radius 3 is 2.00 bits per heavy atom. The molecule has 160 valence electrons. The van der Waals surface area contributed by atoms with Gasteiger partial charge < -0.3 is 19.5 Å². The lowest BCUT2D eigenvalue weighted by Gasteiger charge is -2.32. The minimum absolute atomic E-state index is 0.0735. The van der Waals surface area contributed by atoms with Gasteiger partial charge in [0.2, 0.25) is 11.8 Å². The summed E-state index contributed by atoms with van der Waals surface area (Å²) in [6.07, 6.45) is 1.56. The minimum Gasteiger partial charge on any atom is -0.402 e. The normalized spacial score (nSPS) is 26.0. The van der Waals surface area contributed by atoms with Crippen LogP contribution in [0, 0.1) is 17.8 Å². The fourth-order valence-electron chi connectivity index (χ4n) is 3.69. The number of likely N-dealkylation sites (tertiary alicyclic amines) is 1. The number of rotatable bonds is 6. The van der Waals surface area contributed by atoms with Crippen molar-refractivity contribution >= 4 is 18.9 Å². The van der Waals surface area contributed by atoms with Gasteiger partial charge in [0.25, 0.3) is 0 Å². The molecule has 2 aliphatic heterocycles. The summed E-state index contributed by atoms with van der Waals surface area (Å²) in [6, 6.07) is -0.405. The van der Waals surface area contributed by atoms with E-state index in [1.165, 1.54) is 0 Å². The molecule has 7 heteroatoms. The van der Waals surface area contributed by atoms with Gasteiger partial charge >= 0.3 is 7.12 Å². The van der Waals surface area contributed by atoms with Crippen LogP contribution < -0.4 is 5.32 Å². The van der Waals surface area contributed by atoms with Crippen LogP contribution in [0.2, 0.25) is 0 Å². The largest absolute Gasteiger partial charge is 0.482 e. The second-order valence-corrected chi connectivity index (χ2v) is 10.1. The summed E-state index contributed by atoms with van der Waals surface area (Å²) in [5, 5.41) is 3.15. The lowest BCUT2D eigenvalue weighted by molar-refractivity contribution is -0.142. The van der Waals surface area contributed by atoms with Gasteiger partial charge in [0.15, 0.2) is 0 Å². The topological polar surface area (TPSA) is 67.9 Å². The van der Waals surface area contributed by atoms with Gasteiger partial charge in [-0.15, -0.1) is 0 Å². The molecule has 28 heavy (non-hydrogen) atoms. The van der Waals surface area contributed by atoms with Gasteiger partial charge in [-0.1, -0.05) is 34.6 Å². The zero-order chi connectivity index (χ0) is 21.4. The Balaban J connectivity index is 2.11. The Bertz CT molecular complexity index is 575. The molecule has 3 atom stereocenters. The first-order valence-electron chi connectivity index (χ1n) is 10.7. The van der Waals surface area contributed by atoms with E-state index in [-0.39, 0.29) is 35.5 Å². The first-order chi connectivity index (χ1) is 12.8. The van der Waals surface area contributed by atoms with Crippen molar-refractivity contribution < 1.29 is 18.9 Å². The highest BCUT2D eigenvalue weighted by Crippen LogP contribution is 2.38. The van der Waals surface area contributed by atoms with E-state index in [1.54, 1.807) is 4.90 Å². The molecule has 0 unspecified atom stereocenters. The van der Waals surface area contributed by atoms with Gasteiger partial charge in [0, 0.05) is 12.5 Å². The van der Waals surface area contributed by atoms with E-state index in [4.69, 9.17) is 9.31 Å². The highest BCUT2D eigenvalue weighted by Gasteiger charge is 2.55. The molecule has 1 N–H and O–H groups in total. The van der Waals surface area contributed by atoms with E-state index in [0.29, 0.717) is 13.0 Å². The smallest absolute Gasteiger partial charge is 0.402 e. The molecule has 0 bridgehead atoms. The van der Waals surface area contributed by atoms with Crippen molar-refractivity contribution in [1.29, 1.82) is 0 Å². The average molecular weight is 394 g/mol. The Kier molecular flexibility index (Phi) is 6.92. The number of carbonyl (C=O) groups is 2. The molecule has 2 rings (SSSR count). The minimum atomic E-state index is -0.505. The summed E-state index contributed by atoms with van der Waals surface area (Å²) < 4.78 is 12.4. The van der Waals surface area contributed by atoms with Crippen molar-refractivity contribution in [3.63, 3.8) is 0 Å². The maximum atomic E-state index is 13.1. The highest BCUT2D eigenvalue weighted by atomic mass is 16.7. The zero-order valence-corrected chi connectivity index (χ0v) is 19.2. The van der Waals surface area contributed by atoms with Gasteiger partial charge in [-0.05, 0) is 52.4 Å². The predicted molar refractivity (Wildman–Crippen MR) is 112 cm³/mol. The Morgan fingerprint density at radius 1 is 1.00 bits per heavy atom. The molecule has 0 saturated carbocycles. The summed E-state index contributed by atoms with van der Waals surface area (Å²) in [5.41, 5.74) is -0.894. The van der Waals surface area contributed by atoms with Gasteiger partial charge in [-0.25, -0.2) is 0 Å². The Hall–Kier alpha value is -1.08. The van der Waals surface area contributed by atoms with Crippen molar-refractivity contribution in [2.45, 2.75) is 98.3 Å². The SMILES string of the molecule is CC(C)[C@H](NC(=O)[C@@H]1CCCN1C(=O)[C@@H](C)C(C)C)B1OC(C)(C)C(C)(C)O1. The van der Waals surface area contributed by atoms with E-state index >= 15 is 0 Å². The molecule has 0 aromatic carbocycles. The van der Waals surface area contributed by atoms with Crippen LogP contribution in [0.4, 0.5) is 0 Å². The van der Waals surface area contributed by atoms with Gasteiger partial charge in [-0.2, -0.15) is 0 Å². The molecule has 0 spiro atoms. The molecule has 2 fully saturated rings. The molecule has 0 aliphatic carbocycles. The molecule has 0 radical (unpaired) electrons. The lowest BCUT2D eigenvalue weighted by atomic mass is 9.72. The molecule has 0 aromatic heterocycles. The second kappa shape index (κ2) is 8.35. The third-order valence-electron chi connectivity index (χ3n) is 6.82. The first kappa shape index (κ1) is 23.2. The van der Waals surface area contributed by atoms with Gasteiger partial charge in [0.05, 0.1) is 17.1 Å². The zero-order valence-electron chi connectivity index (χ0n) is 19.2. The Morgan fingerprint density at radius 2 is 1.54 bits per heavy atom. The summed E-state index contributed by atoms with van der Waals surface area (Å²) in [4.78, 5) is 27.7. The summed E-state index contributed by atoms with van der Waals surface area (Å²) in [7, 11) is -0.505. The van der Waals surface area contributed by atoms with E-state index in [9.17, 15) is 9.59 Å². The monoisotopic (exact) mass is 394 g/mol. The second-order valence-electron chi connectivity index (χ2n) is 10.1. The maximum Gasteiger partial charge on any atom is 0.482 e. The summed E-state index contributed by atoms with van der Waals surface area (Å²) in [6.45, 7) is 18.8. The molecule has 2 amide bonds. The van der Waals surface area contributed by atoms with Crippen molar-refractivity contribution in [2.75, 3.05) is 6.54 Å². The molecule has 0 aromatic rings. The molecule has 2 aliphatic rings. The van der Waals surface area contributed by atoms with E-state index in [1.807, 2.05) is 62.3 Å². The average Bonchev–Trinajstić information content (AvgIpc) is 3.13. The molecule has 6 nitrogen and oxygen atoms in total. The van der Waals surface area contributed by atoms with Crippen LogP contribution in [-0.2, 0) is 18.9 Å². The lowest BCUT2D eigenvalue weighted by Crippen LogP contribution is -2.56. The van der Waals surface area contributed by atoms with Crippen molar-refractivity contribution in [2.24, 2.45) is 17.8 Å². The number of nitrogens with one attached hydrogen (secondary N) is 1. The van der Waals surface area contributed by atoms with E-state index in [0.717, 1.165) is 6.42 Å². The first-order valence-corrected chi connectivity index (χ1v) is 10.7. The van der Waals surface area contributed by atoms with Crippen LogP contribution in [0.3, 0.4) is 0 Å². The summed E-state index contributed by atoms with van der Waals surface area (Å²) >= 11 is 0. The third-order valence-corrected chi connectivity index (χ3v) is 6.82. The predicted octanol–water partition coefficient (Wildman–Crippen LogP) is 3.04. The van der Waals surface area contributed by atoms with Crippen LogP contribution >= 0.6 is 0 Å². The molecule has 2 saturated heterocycles. The Labute approximate surface area is 171 Å². The standard InChI is InChI=1S/C21H39BN2O4/c1-13(2)15(5)19(26)24-12-10-11-16(24)18(25)23-17(14(3)4)22-27-20(6,7)21(8,9)28-22/h13-17H,10-12H2,1-9H3,(H,23,25)/t15-,16-,17-/m0/s1. The van der Waals surface area contributed by atoms with Crippen molar-refractivity contribution in [1.82, 2.24) is 10.2 Å². The number of hydrogen-bond acceptors (Lipinski definition) is 4. The quantitative estimate of drug-likeness (QED) is 0.704. The van der Waals surface area contributed by atoms with Crippen LogP contribution in [0.25, 0.3) is 0 Å². The fourth-order valence-corrected chi connectivity index (χ4v) is 3.69. The van der Waals surface area contributed by atoms with Crippen molar-refractivity contribution in [3.8, 4) is 0 Å². The maximum absolute atomic E-state index is 13.1. The number of carbonyl (C=O) groups excluding carboxylic acids is 2. The van der Waals surface area contributed by atoms with Crippen LogP contribution in [-0.4, -0.2) is 53.6 Å². The van der Waals surface area contributed by atoms with Crippen LogP contribution in [0.1, 0.15) is 75.2 Å². The van der Waals surface area contributed by atoms with Crippen LogP contribution in [0.15, 0.2) is 0 Å². The number of hydrogen-bond donors (Lipinski definition) is 1. The summed E-state index contributed by atoms with van der Waals surface area (Å²) in [5.74, 6) is 0.00869. The van der Waals surface area contributed by atoms with E-state index in [2.05, 4.69) is 5.32 Å². The molecule has 2 heterocycles. The molecular weight excluding hydrogens is 355 g/mol.